The third-order valence-corrected chi connectivity index (χ3v) is 4.12. The first-order valence-electron chi connectivity index (χ1n) is 8.44. The van der Waals surface area contributed by atoms with Crippen LogP contribution in [-0.2, 0) is 6.42 Å². The molecule has 0 aliphatic carbocycles. The number of hydrogen-bond donors (Lipinski definition) is 1. The van der Waals surface area contributed by atoms with Crippen LogP contribution in [0.1, 0.15) is 28.0 Å². The Balaban J connectivity index is 1.62. The van der Waals surface area contributed by atoms with E-state index in [0.29, 0.717) is 18.0 Å². The van der Waals surface area contributed by atoms with E-state index in [1.807, 2.05) is 37.3 Å². The number of benzene rings is 1. The number of oxazole rings is 1. The summed E-state index contributed by atoms with van der Waals surface area (Å²) >= 11 is 0. The zero-order valence-electron chi connectivity index (χ0n) is 14.9. The molecule has 6 nitrogen and oxygen atoms in total. The van der Waals surface area contributed by atoms with Crippen LogP contribution in [-0.4, -0.2) is 29.5 Å². The quantitative estimate of drug-likeness (QED) is 0.660. The summed E-state index contributed by atoms with van der Waals surface area (Å²) in [5.74, 6) is 1.01. The molecule has 26 heavy (non-hydrogen) atoms. The van der Waals surface area contributed by atoms with Gasteiger partial charge in [-0.3, -0.25) is 9.78 Å². The number of carbonyl (C=O) groups is 1. The van der Waals surface area contributed by atoms with Crippen LogP contribution in [0.3, 0.4) is 0 Å². The van der Waals surface area contributed by atoms with Crippen LogP contribution in [0.15, 0.2) is 53.5 Å². The molecule has 0 radical (unpaired) electrons. The first-order valence-corrected chi connectivity index (χ1v) is 8.44. The summed E-state index contributed by atoms with van der Waals surface area (Å²) in [6.07, 6.45) is 6.55. The van der Waals surface area contributed by atoms with E-state index in [2.05, 4.69) is 15.3 Å². The first kappa shape index (κ1) is 17.7. The molecule has 0 spiro atoms. The van der Waals surface area contributed by atoms with Crippen molar-refractivity contribution in [2.75, 3.05) is 13.7 Å². The van der Waals surface area contributed by atoms with Gasteiger partial charge in [0.05, 0.1) is 7.11 Å². The Kier molecular flexibility index (Phi) is 5.63. The van der Waals surface area contributed by atoms with Crippen LogP contribution in [0.4, 0.5) is 0 Å². The van der Waals surface area contributed by atoms with E-state index >= 15 is 0 Å². The highest BCUT2D eigenvalue weighted by molar-refractivity contribution is 5.97. The number of nitrogens with zero attached hydrogens (tertiary/aromatic N) is 2. The molecule has 3 aromatic rings. The van der Waals surface area contributed by atoms with E-state index in [0.717, 1.165) is 29.7 Å². The van der Waals surface area contributed by atoms with Crippen molar-refractivity contribution in [3.8, 4) is 17.1 Å². The number of amides is 1. The highest BCUT2D eigenvalue weighted by Gasteiger charge is 2.18. The SMILES string of the molecule is COc1ccc(-c2ocnc2C(=O)NCCCc2ccncc2)cc1C. The minimum Gasteiger partial charge on any atom is -0.496 e. The van der Waals surface area contributed by atoms with Gasteiger partial charge in [-0.2, -0.15) is 0 Å². The van der Waals surface area contributed by atoms with E-state index in [4.69, 9.17) is 9.15 Å². The third-order valence-electron chi connectivity index (χ3n) is 4.12. The molecule has 0 aliphatic heterocycles. The molecule has 1 N–H and O–H groups in total. The number of ether oxygens (including phenoxy) is 1. The second-order valence-corrected chi connectivity index (χ2v) is 5.93. The zero-order chi connectivity index (χ0) is 18.4. The Hall–Kier alpha value is -3.15. The highest BCUT2D eigenvalue weighted by Crippen LogP contribution is 2.28. The van der Waals surface area contributed by atoms with Gasteiger partial charge >= 0.3 is 0 Å². The van der Waals surface area contributed by atoms with Crippen LogP contribution in [0.2, 0.25) is 0 Å². The topological polar surface area (TPSA) is 77.2 Å². The molecule has 0 atom stereocenters. The normalized spacial score (nSPS) is 10.5. The minimum absolute atomic E-state index is 0.239. The maximum Gasteiger partial charge on any atom is 0.273 e. The molecule has 0 unspecified atom stereocenters. The highest BCUT2D eigenvalue weighted by atomic mass is 16.5. The molecule has 0 saturated carbocycles. The fourth-order valence-electron chi connectivity index (χ4n) is 2.76. The summed E-state index contributed by atoms with van der Waals surface area (Å²) in [7, 11) is 1.63. The Labute approximate surface area is 152 Å². The van der Waals surface area contributed by atoms with E-state index in [1.165, 1.54) is 12.0 Å². The lowest BCUT2D eigenvalue weighted by Gasteiger charge is -2.07. The van der Waals surface area contributed by atoms with Crippen LogP contribution in [0.25, 0.3) is 11.3 Å². The Bertz CT molecular complexity index is 875. The largest absolute Gasteiger partial charge is 0.496 e. The molecule has 134 valence electrons. The van der Waals surface area contributed by atoms with Gasteiger partial charge < -0.3 is 14.5 Å². The maximum absolute atomic E-state index is 12.5. The average molecular weight is 351 g/mol. The maximum atomic E-state index is 12.5. The van der Waals surface area contributed by atoms with Crippen LogP contribution in [0, 0.1) is 6.92 Å². The van der Waals surface area contributed by atoms with Gasteiger partial charge in [0.15, 0.2) is 17.8 Å². The molecule has 0 saturated heterocycles. The van der Waals surface area contributed by atoms with E-state index in [1.54, 1.807) is 19.5 Å². The number of methoxy groups -OCH3 is 1. The summed E-state index contributed by atoms with van der Waals surface area (Å²) in [6.45, 7) is 2.51. The van der Waals surface area contributed by atoms with E-state index < -0.39 is 0 Å². The molecule has 2 aromatic heterocycles. The monoisotopic (exact) mass is 351 g/mol. The molecule has 1 aromatic carbocycles. The smallest absolute Gasteiger partial charge is 0.273 e. The number of nitrogens with one attached hydrogen (secondary N) is 1. The first-order chi connectivity index (χ1) is 12.7. The van der Waals surface area contributed by atoms with Gasteiger partial charge in [0.2, 0.25) is 0 Å². The molecular weight excluding hydrogens is 330 g/mol. The minimum atomic E-state index is -0.239. The van der Waals surface area contributed by atoms with Crippen molar-refractivity contribution in [1.82, 2.24) is 15.3 Å². The number of carbonyl (C=O) groups excluding carboxylic acids is 1. The van der Waals surface area contributed by atoms with Crippen molar-refractivity contribution in [2.45, 2.75) is 19.8 Å². The molecule has 6 heteroatoms. The summed E-state index contributed by atoms with van der Waals surface area (Å²) in [5.41, 5.74) is 3.25. The molecule has 3 rings (SSSR count). The third kappa shape index (κ3) is 4.08. The molecule has 2 heterocycles. The fourth-order valence-corrected chi connectivity index (χ4v) is 2.76. The average Bonchev–Trinajstić information content (AvgIpc) is 3.16. The van der Waals surface area contributed by atoms with Crippen molar-refractivity contribution in [3.63, 3.8) is 0 Å². The number of aromatic nitrogens is 2. The van der Waals surface area contributed by atoms with Crippen molar-refractivity contribution in [3.05, 3.63) is 65.9 Å². The standard InChI is InChI=1S/C20H21N3O3/c1-14-12-16(5-6-17(14)25-2)19-18(23-13-26-19)20(24)22-9-3-4-15-7-10-21-11-8-15/h5-8,10-13H,3-4,9H2,1-2H3,(H,22,24). The van der Waals surface area contributed by atoms with E-state index in [9.17, 15) is 4.79 Å². The summed E-state index contributed by atoms with van der Waals surface area (Å²) < 4.78 is 10.7. The molecule has 1 amide bonds. The Morgan fingerprint density at radius 2 is 2.04 bits per heavy atom. The number of rotatable bonds is 7. The second-order valence-electron chi connectivity index (χ2n) is 5.93. The Morgan fingerprint density at radius 1 is 1.23 bits per heavy atom. The van der Waals surface area contributed by atoms with Gasteiger partial charge in [0.25, 0.3) is 5.91 Å². The van der Waals surface area contributed by atoms with E-state index in [-0.39, 0.29) is 5.91 Å². The Morgan fingerprint density at radius 3 is 2.77 bits per heavy atom. The fraction of sp³-hybridized carbons (Fsp3) is 0.250. The van der Waals surface area contributed by atoms with Crippen molar-refractivity contribution in [1.29, 1.82) is 0 Å². The second kappa shape index (κ2) is 8.29. The van der Waals surface area contributed by atoms with Gasteiger partial charge in [0, 0.05) is 24.5 Å². The van der Waals surface area contributed by atoms with Gasteiger partial charge in [0.1, 0.15) is 5.75 Å². The van der Waals surface area contributed by atoms with Crippen LogP contribution in [0.5, 0.6) is 5.75 Å². The van der Waals surface area contributed by atoms with Gasteiger partial charge in [-0.1, -0.05) is 0 Å². The van der Waals surface area contributed by atoms with Crippen molar-refractivity contribution in [2.24, 2.45) is 0 Å². The van der Waals surface area contributed by atoms with Crippen molar-refractivity contribution < 1.29 is 13.9 Å². The molecule has 0 bridgehead atoms. The van der Waals surface area contributed by atoms with Gasteiger partial charge in [-0.15, -0.1) is 0 Å². The summed E-state index contributed by atoms with van der Waals surface area (Å²) in [5, 5.41) is 2.90. The summed E-state index contributed by atoms with van der Waals surface area (Å²) in [4.78, 5) is 20.5. The lowest BCUT2D eigenvalue weighted by molar-refractivity contribution is 0.0949. The predicted octanol–water partition coefficient (Wildman–Crippen LogP) is 3.42. The van der Waals surface area contributed by atoms with Crippen LogP contribution >= 0.6 is 0 Å². The van der Waals surface area contributed by atoms with Crippen molar-refractivity contribution >= 4 is 5.91 Å². The zero-order valence-corrected chi connectivity index (χ0v) is 14.9. The lowest BCUT2D eigenvalue weighted by Crippen LogP contribution is -2.25. The molecule has 0 aliphatic rings. The molecular formula is C20H21N3O3. The number of pyridine rings is 1. The number of hydrogen-bond acceptors (Lipinski definition) is 5. The molecule has 0 fully saturated rings. The number of aryl methyl sites for hydroxylation is 2. The van der Waals surface area contributed by atoms with Gasteiger partial charge in [-0.25, -0.2) is 4.98 Å². The lowest BCUT2D eigenvalue weighted by atomic mass is 10.1. The summed E-state index contributed by atoms with van der Waals surface area (Å²) in [6, 6.07) is 9.57. The van der Waals surface area contributed by atoms with Crippen LogP contribution < -0.4 is 10.1 Å². The predicted molar refractivity (Wildman–Crippen MR) is 98.1 cm³/mol. The van der Waals surface area contributed by atoms with Gasteiger partial charge in [-0.05, 0) is 61.2 Å².